The molecule has 0 bridgehead atoms. The number of nitrogens with zero attached hydrogens (tertiary/aromatic N) is 2. The van der Waals surface area contributed by atoms with Crippen molar-refractivity contribution in [2.24, 2.45) is 5.92 Å². The Kier molecular flexibility index (Phi) is 4.19. The van der Waals surface area contributed by atoms with Crippen LogP contribution < -0.4 is 0 Å². The first-order valence-corrected chi connectivity index (χ1v) is 8.75. The molecule has 0 aliphatic carbocycles. The summed E-state index contributed by atoms with van der Waals surface area (Å²) < 4.78 is 24.8. The number of aromatic nitrogens is 2. The molecule has 1 atom stereocenters. The molecular weight excluding hydrogens is 288 g/mol. The minimum atomic E-state index is -2.88. The van der Waals surface area contributed by atoms with E-state index in [9.17, 15) is 13.2 Å². The van der Waals surface area contributed by atoms with Crippen molar-refractivity contribution < 1.29 is 18.3 Å². The van der Waals surface area contributed by atoms with Gasteiger partial charge in [0.15, 0.2) is 15.0 Å². The van der Waals surface area contributed by atoms with Crippen molar-refractivity contribution in [3.8, 4) is 0 Å². The Morgan fingerprint density at radius 3 is 2.95 bits per heavy atom. The van der Waals surface area contributed by atoms with Crippen LogP contribution in [0.4, 0.5) is 0 Å². The standard InChI is InChI=1S/C11H16N2O4S2/c1-8-4-12-11(18-6-10(14)15)13(8)5-9-2-3-19(16,17)7-9/h4,9H,2-3,5-7H2,1H3,(H,14,15). The van der Waals surface area contributed by atoms with E-state index in [0.29, 0.717) is 18.1 Å². The van der Waals surface area contributed by atoms with Crippen LogP contribution in [0.5, 0.6) is 0 Å². The number of aliphatic carboxylic acids is 1. The fraction of sp³-hybridized carbons (Fsp3) is 0.636. The van der Waals surface area contributed by atoms with Crippen molar-refractivity contribution in [2.75, 3.05) is 17.3 Å². The van der Waals surface area contributed by atoms with E-state index >= 15 is 0 Å². The molecule has 8 heteroatoms. The summed E-state index contributed by atoms with van der Waals surface area (Å²) >= 11 is 1.16. The second kappa shape index (κ2) is 5.54. The lowest BCUT2D eigenvalue weighted by molar-refractivity contribution is -0.133. The molecule has 2 rings (SSSR count). The Bertz CT molecular complexity index is 580. The van der Waals surface area contributed by atoms with Crippen LogP contribution in [0.15, 0.2) is 11.4 Å². The fourth-order valence-corrected chi connectivity index (χ4v) is 4.78. The van der Waals surface area contributed by atoms with Crippen molar-refractivity contribution in [3.05, 3.63) is 11.9 Å². The Labute approximate surface area is 116 Å². The third-order valence-electron chi connectivity index (χ3n) is 3.11. The molecule has 2 heterocycles. The summed E-state index contributed by atoms with van der Waals surface area (Å²) in [5, 5.41) is 9.33. The quantitative estimate of drug-likeness (QED) is 0.810. The van der Waals surface area contributed by atoms with E-state index in [1.165, 1.54) is 0 Å². The lowest BCUT2D eigenvalue weighted by atomic mass is 10.1. The lowest BCUT2D eigenvalue weighted by Crippen LogP contribution is -2.14. The van der Waals surface area contributed by atoms with E-state index in [2.05, 4.69) is 4.98 Å². The summed E-state index contributed by atoms with van der Waals surface area (Å²) in [6, 6.07) is 0. The van der Waals surface area contributed by atoms with Gasteiger partial charge in [0.25, 0.3) is 0 Å². The number of carboxylic acid groups (broad SMARTS) is 1. The highest BCUT2D eigenvalue weighted by Crippen LogP contribution is 2.24. The Morgan fingerprint density at radius 2 is 2.37 bits per heavy atom. The van der Waals surface area contributed by atoms with Crippen LogP contribution in [0.3, 0.4) is 0 Å². The van der Waals surface area contributed by atoms with Crippen molar-refractivity contribution >= 4 is 27.6 Å². The molecule has 0 saturated carbocycles. The minimum absolute atomic E-state index is 0.0422. The van der Waals surface area contributed by atoms with Gasteiger partial charge in [0.2, 0.25) is 0 Å². The SMILES string of the molecule is Cc1cnc(SCC(=O)O)n1CC1CCS(=O)(=O)C1. The average Bonchev–Trinajstić information content (AvgIpc) is 2.82. The maximum atomic E-state index is 11.4. The van der Waals surface area contributed by atoms with Crippen LogP contribution in [0.25, 0.3) is 0 Å². The summed E-state index contributed by atoms with van der Waals surface area (Å²) in [6.07, 6.45) is 2.36. The molecule has 1 fully saturated rings. The minimum Gasteiger partial charge on any atom is -0.481 e. The number of hydrogen-bond donors (Lipinski definition) is 1. The second-order valence-corrected chi connectivity index (χ2v) is 7.92. The molecule has 19 heavy (non-hydrogen) atoms. The van der Waals surface area contributed by atoms with Gasteiger partial charge in [-0.25, -0.2) is 13.4 Å². The van der Waals surface area contributed by atoms with Crippen molar-refractivity contribution in [3.63, 3.8) is 0 Å². The highest BCUT2D eigenvalue weighted by atomic mass is 32.2. The van der Waals surface area contributed by atoms with Gasteiger partial charge in [0, 0.05) is 18.4 Å². The first-order chi connectivity index (χ1) is 8.87. The van der Waals surface area contributed by atoms with Crippen LogP contribution in [0, 0.1) is 12.8 Å². The highest BCUT2D eigenvalue weighted by molar-refractivity contribution is 7.99. The predicted molar refractivity (Wildman–Crippen MR) is 72.1 cm³/mol. The van der Waals surface area contributed by atoms with Gasteiger partial charge in [-0.2, -0.15) is 0 Å². The topological polar surface area (TPSA) is 89.3 Å². The zero-order chi connectivity index (χ0) is 14.0. The number of thioether (sulfide) groups is 1. The summed E-state index contributed by atoms with van der Waals surface area (Å²) in [7, 11) is -2.88. The van der Waals surface area contributed by atoms with E-state index in [0.717, 1.165) is 17.5 Å². The molecule has 1 aromatic heterocycles. The van der Waals surface area contributed by atoms with Crippen LogP contribution in [0.1, 0.15) is 12.1 Å². The normalized spacial score (nSPS) is 21.6. The average molecular weight is 304 g/mol. The second-order valence-electron chi connectivity index (χ2n) is 4.74. The number of rotatable bonds is 5. The number of carbonyl (C=O) groups is 1. The van der Waals surface area contributed by atoms with Gasteiger partial charge in [-0.05, 0) is 19.3 Å². The summed E-state index contributed by atoms with van der Waals surface area (Å²) in [6.45, 7) is 2.48. The van der Waals surface area contributed by atoms with E-state index in [-0.39, 0.29) is 23.2 Å². The fourth-order valence-electron chi connectivity index (χ4n) is 2.18. The maximum Gasteiger partial charge on any atom is 0.313 e. The van der Waals surface area contributed by atoms with Gasteiger partial charge in [-0.3, -0.25) is 4.79 Å². The number of carboxylic acids is 1. The summed E-state index contributed by atoms with van der Waals surface area (Å²) in [5.41, 5.74) is 0.928. The van der Waals surface area contributed by atoms with Gasteiger partial charge in [0.05, 0.1) is 17.3 Å². The van der Waals surface area contributed by atoms with Crippen LogP contribution in [-0.2, 0) is 21.2 Å². The zero-order valence-corrected chi connectivity index (χ0v) is 12.2. The highest BCUT2D eigenvalue weighted by Gasteiger charge is 2.28. The predicted octanol–water partition coefficient (Wildman–Crippen LogP) is 0.803. The Balaban J connectivity index is 2.07. The van der Waals surface area contributed by atoms with Gasteiger partial charge in [-0.15, -0.1) is 0 Å². The third-order valence-corrected chi connectivity index (χ3v) is 5.92. The molecule has 106 valence electrons. The van der Waals surface area contributed by atoms with Gasteiger partial charge >= 0.3 is 5.97 Å². The van der Waals surface area contributed by atoms with E-state index in [1.807, 2.05) is 11.5 Å². The molecule has 1 unspecified atom stereocenters. The number of imidazole rings is 1. The van der Waals surface area contributed by atoms with Crippen molar-refractivity contribution in [2.45, 2.75) is 25.0 Å². The smallest absolute Gasteiger partial charge is 0.313 e. The zero-order valence-electron chi connectivity index (χ0n) is 10.6. The molecule has 1 N–H and O–H groups in total. The summed E-state index contributed by atoms with van der Waals surface area (Å²) in [5.74, 6) is -0.362. The molecule has 6 nitrogen and oxygen atoms in total. The van der Waals surface area contributed by atoms with Crippen molar-refractivity contribution in [1.82, 2.24) is 9.55 Å². The number of sulfone groups is 1. The summed E-state index contributed by atoms with van der Waals surface area (Å²) in [4.78, 5) is 14.8. The maximum absolute atomic E-state index is 11.4. The van der Waals surface area contributed by atoms with E-state index in [1.54, 1.807) is 6.20 Å². The molecule has 1 aliphatic rings. The molecule has 0 radical (unpaired) electrons. The van der Waals surface area contributed by atoms with Crippen LogP contribution in [0.2, 0.25) is 0 Å². The number of aryl methyl sites for hydroxylation is 1. The molecule has 1 aliphatic heterocycles. The van der Waals surface area contributed by atoms with Gasteiger partial charge in [0.1, 0.15) is 0 Å². The Morgan fingerprint density at radius 1 is 1.63 bits per heavy atom. The third kappa shape index (κ3) is 3.73. The largest absolute Gasteiger partial charge is 0.481 e. The molecule has 0 amide bonds. The van der Waals surface area contributed by atoms with Gasteiger partial charge < -0.3 is 9.67 Å². The van der Waals surface area contributed by atoms with E-state index in [4.69, 9.17) is 5.11 Å². The van der Waals surface area contributed by atoms with Crippen LogP contribution >= 0.6 is 11.8 Å². The van der Waals surface area contributed by atoms with E-state index < -0.39 is 15.8 Å². The Hall–Kier alpha value is -1.02. The van der Waals surface area contributed by atoms with Crippen molar-refractivity contribution in [1.29, 1.82) is 0 Å². The van der Waals surface area contributed by atoms with Gasteiger partial charge in [-0.1, -0.05) is 11.8 Å². The first-order valence-electron chi connectivity index (χ1n) is 5.94. The number of hydrogen-bond acceptors (Lipinski definition) is 5. The first kappa shape index (κ1) is 14.4. The van der Waals surface area contributed by atoms with Crippen LogP contribution in [-0.4, -0.2) is 46.3 Å². The monoisotopic (exact) mass is 304 g/mol. The molecular formula is C11H16N2O4S2. The lowest BCUT2D eigenvalue weighted by Gasteiger charge is -2.13. The molecule has 1 aromatic rings. The molecule has 0 aromatic carbocycles. The molecule has 0 spiro atoms. The molecule has 1 saturated heterocycles.